The molecule has 4 rings (SSSR count). The number of rotatable bonds is 7. The highest BCUT2D eigenvalue weighted by Crippen LogP contribution is 2.32. The van der Waals surface area contributed by atoms with Crippen LogP contribution in [0.3, 0.4) is 0 Å². The Balaban J connectivity index is 1.37. The Morgan fingerprint density at radius 1 is 0.941 bits per heavy atom. The molecule has 34 heavy (non-hydrogen) atoms. The summed E-state index contributed by atoms with van der Waals surface area (Å²) in [4.78, 5) is 31.1. The molecular formula is C27H29N3O4. The zero-order valence-electron chi connectivity index (χ0n) is 19.0. The molecule has 3 aromatic rings. The molecule has 0 radical (unpaired) electrons. The summed E-state index contributed by atoms with van der Waals surface area (Å²) in [7, 11) is 0. The number of hydrogen-bond donors (Lipinski definition) is 3. The lowest BCUT2D eigenvalue weighted by Crippen LogP contribution is -2.50. The van der Waals surface area contributed by atoms with Crippen molar-refractivity contribution in [3.8, 4) is 11.1 Å². The van der Waals surface area contributed by atoms with Gasteiger partial charge in [-0.2, -0.15) is 0 Å². The van der Waals surface area contributed by atoms with Gasteiger partial charge in [0.25, 0.3) is 11.8 Å². The van der Waals surface area contributed by atoms with Crippen LogP contribution in [0.25, 0.3) is 11.1 Å². The highest BCUT2D eigenvalue weighted by molar-refractivity contribution is 5.91. The zero-order chi connectivity index (χ0) is 24.1. The van der Waals surface area contributed by atoms with Gasteiger partial charge in [0, 0.05) is 18.9 Å². The van der Waals surface area contributed by atoms with Crippen LogP contribution in [0.4, 0.5) is 0 Å². The predicted octanol–water partition coefficient (Wildman–Crippen LogP) is 3.01. The maximum absolute atomic E-state index is 12.9. The second-order valence-electron chi connectivity index (χ2n) is 8.58. The Labute approximate surface area is 199 Å². The molecule has 0 bridgehead atoms. The van der Waals surface area contributed by atoms with Crippen molar-refractivity contribution in [1.82, 2.24) is 15.2 Å². The fourth-order valence-corrected chi connectivity index (χ4v) is 4.39. The number of amides is 2. The van der Waals surface area contributed by atoms with E-state index in [1.165, 1.54) is 0 Å². The zero-order valence-corrected chi connectivity index (χ0v) is 19.0. The standard InChI is InChI=1S/C27H29N3O4/c1-18(19-9-11-20(12-10-19)21-13-15-28-16-14-21)29-26(33)24(31)25(32)27(34)30-17-5-8-23(30)22-6-3-2-4-7-22/h2-4,6-7,9-16,18,23-25,31-32H,5,8,17H2,1H3,(H,29,33)/t18-,23-,24?,25-/m1/s1. The number of benzene rings is 2. The van der Waals surface area contributed by atoms with Crippen molar-refractivity contribution >= 4 is 11.8 Å². The van der Waals surface area contributed by atoms with Crippen LogP contribution >= 0.6 is 0 Å². The van der Waals surface area contributed by atoms with E-state index in [1.54, 1.807) is 24.2 Å². The van der Waals surface area contributed by atoms with Crippen molar-refractivity contribution in [3.05, 3.63) is 90.3 Å². The number of carbonyl (C=O) groups is 2. The van der Waals surface area contributed by atoms with Gasteiger partial charge in [0.05, 0.1) is 12.1 Å². The van der Waals surface area contributed by atoms with E-state index in [2.05, 4.69) is 10.3 Å². The number of likely N-dealkylation sites (tertiary alicyclic amines) is 1. The van der Waals surface area contributed by atoms with Gasteiger partial charge >= 0.3 is 0 Å². The topological polar surface area (TPSA) is 103 Å². The predicted molar refractivity (Wildman–Crippen MR) is 128 cm³/mol. The van der Waals surface area contributed by atoms with Gasteiger partial charge in [-0.25, -0.2) is 0 Å². The quantitative estimate of drug-likeness (QED) is 0.504. The molecule has 7 heteroatoms. The number of nitrogens with zero attached hydrogens (tertiary/aromatic N) is 2. The molecule has 2 heterocycles. The van der Waals surface area contributed by atoms with E-state index in [0.717, 1.165) is 35.1 Å². The van der Waals surface area contributed by atoms with E-state index in [-0.39, 0.29) is 6.04 Å². The molecule has 1 fully saturated rings. The van der Waals surface area contributed by atoms with Crippen LogP contribution in [0.1, 0.15) is 43.0 Å². The summed E-state index contributed by atoms with van der Waals surface area (Å²) in [5.74, 6) is -1.43. The molecule has 176 valence electrons. The molecule has 0 saturated carbocycles. The van der Waals surface area contributed by atoms with E-state index >= 15 is 0 Å². The van der Waals surface area contributed by atoms with Crippen LogP contribution in [-0.2, 0) is 9.59 Å². The lowest BCUT2D eigenvalue weighted by atomic mass is 10.0. The first-order valence-electron chi connectivity index (χ1n) is 11.5. The minimum atomic E-state index is -1.86. The minimum Gasteiger partial charge on any atom is -0.380 e. The van der Waals surface area contributed by atoms with Gasteiger partial charge in [0.2, 0.25) is 0 Å². The van der Waals surface area contributed by atoms with Gasteiger partial charge in [-0.15, -0.1) is 0 Å². The highest BCUT2D eigenvalue weighted by atomic mass is 16.3. The Kier molecular flexibility index (Phi) is 7.35. The molecule has 4 atom stereocenters. The van der Waals surface area contributed by atoms with Gasteiger partial charge in [0.1, 0.15) is 0 Å². The first-order chi connectivity index (χ1) is 16.5. The van der Waals surface area contributed by atoms with Gasteiger partial charge in [-0.3, -0.25) is 14.6 Å². The smallest absolute Gasteiger partial charge is 0.255 e. The van der Waals surface area contributed by atoms with E-state index in [0.29, 0.717) is 6.54 Å². The normalized spacial score (nSPS) is 18.2. The molecule has 7 nitrogen and oxygen atoms in total. The average molecular weight is 460 g/mol. The number of aliphatic hydroxyl groups excluding tert-OH is 2. The summed E-state index contributed by atoms with van der Waals surface area (Å²) in [6.45, 7) is 2.26. The van der Waals surface area contributed by atoms with E-state index in [1.807, 2.05) is 66.7 Å². The lowest BCUT2D eigenvalue weighted by Gasteiger charge is -2.29. The number of hydrogen-bond acceptors (Lipinski definition) is 5. The molecule has 3 N–H and O–H groups in total. The second-order valence-corrected chi connectivity index (χ2v) is 8.58. The number of nitrogens with one attached hydrogen (secondary N) is 1. The third kappa shape index (κ3) is 5.16. The number of carbonyl (C=O) groups excluding carboxylic acids is 2. The molecule has 1 aliphatic rings. The molecule has 1 unspecified atom stereocenters. The number of aliphatic hydroxyl groups is 2. The molecule has 2 amide bonds. The Hall–Kier alpha value is -3.55. The highest BCUT2D eigenvalue weighted by Gasteiger charge is 2.38. The number of pyridine rings is 1. The SMILES string of the molecule is C[C@@H](NC(=O)C(O)[C@@H](O)C(=O)N1CCC[C@@H]1c1ccccc1)c1ccc(-c2ccncc2)cc1. The van der Waals surface area contributed by atoms with Crippen LogP contribution in [0.15, 0.2) is 79.1 Å². The molecular weight excluding hydrogens is 430 g/mol. The van der Waals surface area contributed by atoms with Crippen molar-refractivity contribution < 1.29 is 19.8 Å². The van der Waals surface area contributed by atoms with Crippen LogP contribution < -0.4 is 5.32 Å². The maximum atomic E-state index is 12.9. The Morgan fingerprint density at radius 2 is 1.59 bits per heavy atom. The van der Waals surface area contributed by atoms with E-state index < -0.39 is 30.1 Å². The summed E-state index contributed by atoms with van der Waals surface area (Å²) < 4.78 is 0. The van der Waals surface area contributed by atoms with Crippen molar-refractivity contribution in [3.63, 3.8) is 0 Å². The molecule has 0 spiro atoms. The largest absolute Gasteiger partial charge is 0.380 e. The third-order valence-electron chi connectivity index (χ3n) is 6.32. The van der Waals surface area contributed by atoms with Gasteiger partial charge < -0.3 is 20.4 Å². The fraction of sp³-hybridized carbons (Fsp3) is 0.296. The first kappa shape index (κ1) is 23.6. The summed E-state index contributed by atoms with van der Waals surface area (Å²) in [6.07, 6.45) is 1.34. The summed E-state index contributed by atoms with van der Waals surface area (Å²) in [6, 6.07) is 20.5. The van der Waals surface area contributed by atoms with Crippen molar-refractivity contribution in [1.29, 1.82) is 0 Å². The number of aromatic nitrogens is 1. The molecule has 0 aliphatic carbocycles. The first-order valence-corrected chi connectivity index (χ1v) is 11.5. The van der Waals surface area contributed by atoms with Crippen LogP contribution in [0, 0.1) is 0 Å². The van der Waals surface area contributed by atoms with Gasteiger partial charge in [-0.1, -0.05) is 54.6 Å². The third-order valence-corrected chi connectivity index (χ3v) is 6.32. The second kappa shape index (κ2) is 10.6. The van der Waals surface area contributed by atoms with Gasteiger partial charge in [0.15, 0.2) is 12.2 Å². The van der Waals surface area contributed by atoms with Crippen molar-refractivity contribution in [2.24, 2.45) is 0 Å². The summed E-state index contributed by atoms with van der Waals surface area (Å²) in [5, 5.41) is 23.7. The molecule has 1 aromatic heterocycles. The molecule has 1 saturated heterocycles. The van der Waals surface area contributed by atoms with Gasteiger partial charge in [-0.05, 0) is 54.2 Å². The molecule has 2 aromatic carbocycles. The lowest BCUT2D eigenvalue weighted by molar-refractivity contribution is -0.154. The Bertz CT molecular complexity index is 1110. The van der Waals surface area contributed by atoms with Crippen molar-refractivity contribution in [2.75, 3.05) is 6.54 Å². The average Bonchev–Trinajstić information content (AvgIpc) is 3.38. The monoisotopic (exact) mass is 459 g/mol. The van der Waals surface area contributed by atoms with Crippen LogP contribution in [0.2, 0.25) is 0 Å². The van der Waals surface area contributed by atoms with Crippen LogP contribution in [-0.4, -0.2) is 50.7 Å². The minimum absolute atomic E-state index is 0.170. The molecule has 1 aliphatic heterocycles. The maximum Gasteiger partial charge on any atom is 0.255 e. The van der Waals surface area contributed by atoms with Crippen LogP contribution in [0.5, 0.6) is 0 Å². The fourth-order valence-electron chi connectivity index (χ4n) is 4.39. The van der Waals surface area contributed by atoms with Crippen molar-refractivity contribution in [2.45, 2.75) is 44.1 Å². The van der Waals surface area contributed by atoms with E-state index in [9.17, 15) is 19.8 Å². The van der Waals surface area contributed by atoms with E-state index in [4.69, 9.17) is 0 Å². The summed E-state index contributed by atoms with van der Waals surface area (Å²) in [5.41, 5.74) is 3.86. The summed E-state index contributed by atoms with van der Waals surface area (Å²) >= 11 is 0. The Morgan fingerprint density at radius 3 is 2.26 bits per heavy atom.